The summed E-state index contributed by atoms with van der Waals surface area (Å²) in [6.07, 6.45) is 0.665. The number of hydrogen-bond acceptors (Lipinski definition) is 4. The average Bonchev–Trinajstić information content (AvgIpc) is 2.62. The Balaban J connectivity index is 2.30. The SMILES string of the molecule is Cc1ccc(S(=O)(=O)NC2(C)CCOC2)c(N)c1. The molecule has 1 atom stereocenters. The van der Waals surface area contributed by atoms with Gasteiger partial charge in [0.15, 0.2) is 0 Å². The molecule has 0 bridgehead atoms. The van der Waals surface area contributed by atoms with E-state index in [1.165, 1.54) is 6.07 Å². The first-order valence-electron chi connectivity index (χ1n) is 5.80. The van der Waals surface area contributed by atoms with Gasteiger partial charge in [-0.15, -0.1) is 0 Å². The molecule has 5 nitrogen and oxygen atoms in total. The minimum Gasteiger partial charge on any atom is -0.398 e. The smallest absolute Gasteiger partial charge is 0.243 e. The van der Waals surface area contributed by atoms with Gasteiger partial charge in [-0.25, -0.2) is 13.1 Å². The van der Waals surface area contributed by atoms with E-state index in [4.69, 9.17) is 10.5 Å². The summed E-state index contributed by atoms with van der Waals surface area (Å²) < 4.78 is 32.5. The number of ether oxygens (including phenoxy) is 1. The van der Waals surface area contributed by atoms with E-state index in [9.17, 15) is 8.42 Å². The van der Waals surface area contributed by atoms with E-state index in [-0.39, 0.29) is 10.6 Å². The van der Waals surface area contributed by atoms with Crippen LogP contribution >= 0.6 is 0 Å². The van der Waals surface area contributed by atoms with E-state index >= 15 is 0 Å². The molecule has 0 radical (unpaired) electrons. The number of sulfonamides is 1. The van der Waals surface area contributed by atoms with Crippen molar-refractivity contribution < 1.29 is 13.2 Å². The number of rotatable bonds is 3. The van der Waals surface area contributed by atoms with Crippen molar-refractivity contribution in [2.45, 2.75) is 30.7 Å². The first-order chi connectivity index (χ1) is 8.32. The van der Waals surface area contributed by atoms with Crippen molar-refractivity contribution in [2.75, 3.05) is 18.9 Å². The molecular formula is C12H18N2O3S. The number of aryl methyl sites for hydroxylation is 1. The highest BCUT2D eigenvalue weighted by Gasteiger charge is 2.35. The maximum atomic E-state index is 12.3. The quantitative estimate of drug-likeness (QED) is 0.804. The number of nitrogens with one attached hydrogen (secondary N) is 1. The van der Waals surface area contributed by atoms with Crippen LogP contribution in [0, 0.1) is 6.92 Å². The summed E-state index contributed by atoms with van der Waals surface area (Å²) in [6.45, 7) is 4.66. The molecule has 0 spiro atoms. The Morgan fingerprint density at radius 3 is 2.72 bits per heavy atom. The van der Waals surface area contributed by atoms with Crippen LogP contribution in [0.3, 0.4) is 0 Å². The maximum absolute atomic E-state index is 12.3. The molecule has 18 heavy (non-hydrogen) atoms. The fourth-order valence-corrected chi connectivity index (χ4v) is 3.58. The van der Waals surface area contributed by atoms with Gasteiger partial charge in [0.1, 0.15) is 4.90 Å². The van der Waals surface area contributed by atoms with Crippen LogP contribution in [0.1, 0.15) is 18.9 Å². The minimum atomic E-state index is -3.60. The molecule has 0 saturated carbocycles. The zero-order valence-corrected chi connectivity index (χ0v) is 11.4. The van der Waals surface area contributed by atoms with Gasteiger partial charge in [0.2, 0.25) is 10.0 Å². The Kier molecular flexibility index (Phi) is 3.35. The number of hydrogen-bond donors (Lipinski definition) is 2. The van der Waals surface area contributed by atoms with E-state index in [0.717, 1.165) is 5.56 Å². The lowest BCUT2D eigenvalue weighted by Gasteiger charge is -2.23. The Hall–Kier alpha value is -1.11. The fourth-order valence-electron chi connectivity index (χ4n) is 2.04. The lowest BCUT2D eigenvalue weighted by molar-refractivity contribution is 0.178. The van der Waals surface area contributed by atoms with Gasteiger partial charge in [-0.2, -0.15) is 0 Å². The summed E-state index contributed by atoms with van der Waals surface area (Å²) in [5.74, 6) is 0. The lowest BCUT2D eigenvalue weighted by Crippen LogP contribution is -2.46. The molecule has 1 aliphatic heterocycles. The van der Waals surface area contributed by atoms with Crippen LogP contribution in [-0.2, 0) is 14.8 Å². The fraction of sp³-hybridized carbons (Fsp3) is 0.500. The third-order valence-corrected chi connectivity index (χ3v) is 4.77. The van der Waals surface area contributed by atoms with Crippen LogP contribution in [0.5, 0.6) is 0 Å². The summed E-state index contributed by atoms with van der Waals surface area (Å²) in [4.78, 5) is 0.126. The van der Waals surface area contributed by atoms with Crippen molar-refractivity contribution in [2.24, 2.45) is 0 Å². The molecule has 2 rings (SSSR count). The molecule has 0 amide bonds. The normalized spacial score (nSPS) is 24.3. The third kappa shape index (κ3) is 2.66. The summed E-state index contributed by atoms with van der Waals surface area (Å²) in [7, 11) is -3.60. The highest BCUT2D eigenvalue weighted by Crippen LogP contribution is 2.24. The average molecular weight is 270 g/mol. The minimum absolute atomic E-state index is 0.126. The topological polar surface area (TPSA) is 81.4 Å². The molecule has 1 aromatic rings. The van der Waals surface area contributed by atoms with Crippen molar-refractivity contribution in [3.8, 4) is 0 Å². The van der Waals surface area contributed by atoms with Gasteiger partial charge in [0.25, 0.3) is 0 Å². The van der Waals surface area contributed by atoms with Crippen LogP contribution in [0.25, 0.3) is 0 Å². The first kappa shape index (κ1) is 13.3. The molecule has 1 aromatic carbocycles. The standard InChI is InChI=1S/C12H18N2O3S/c1-9-3-4-11(10(13)7-9)18(15,16)14-12(2)5-6-17-8-12/h3-4,7,14H,5-6,8,13H2,1-2H3. The van der Waals surface area contributed by atoms with Gasteiger partial charge in [-0.3, -0.25) is 0 Å². The zero-order chi connectivity index (χ0) is 13.4. The number of nitrogens with two attached hydrogens (primary N) is 1. The Morgan fingerprint density at radius 2 is 2.17 bits per heavy atom. The van der Waals surface area contributed by atoms with Crippen molar-refractivity contribution in [1.82, 2.24) is 4.72 Å². The van der Waals surface area contributed by atoms with Gasteiger partial charge >= 0.3 is 0 Å². The molecule has 1 saturated heterocycles. The molecule has 6 heteroatoms. The summed E-state index contributed by atoms with van der Waals surface area (Å²) >= 11 is 0. The van der Waals surface area contributed by atoms with Crippen LogP contribution in [0.4, 0.5) is 5.69 Å². The van der Waals surface area contributed by atoms with Crippen molar-refractivity contribution in [3.63, 3.8) is 0 Å². The van der Waals surface area contributed by atoms with Crippen molar-refractivity contribution in [1.29, 1.82) is 0 Å². The van der Waals surface area contributed by atoms with Crippen molar-refractivity contribution >= 4 is 15.7 Å². The van der Waals surface area contributed by atoms with Gasteiger partial charge in [0, 0.05) is 6.61 Å². The molecule has 3 N–H and O–H groups in total. The molecule has 0 aliphatic carbocycles. The lowest BCUT2D eigenvalue weighted by atomic mass is 10.0. The summed E-state index contributed by atoms with van der Waals surface area (Å²) in [5.41, 5.74) is 6.43. The van der Waals surface area contributed by atoms with E-state index in [2.05, 4.69) is 4.72 Å². The zero-order valence-electron chi connectivity index (χ0n) is 10.6. The van der Waals surface area contributed by atoms with Crippen LogP contribution in [0.2, 0.25) is 0 Å². The van der Waals surface area contributed by atoms with Gasteiger partial charge in [-0.1, -0.05) is 6.07 Å². The number of benzene rings is 1. The molecular weight excluding hydrogens is 252 g/mol. The molecule has 0 aromatic heterocycles. The van der Waals surface area contributed by atoms with E-state index in [0.29, 0.717) is 19.6 Å². The number of anilines is 1. The predicted molar refractivity (Wildman–Crippen MR) is 69.8 cm³/mol. The van der Waals surface area contributed by atoms with Crippen LogP contribution < -0.4 is 10.5 Å². The third-order valence-electron chi connectivity index (χ3n) is 3.05. The number of nitrogen functional groups attached to an aromatic ring is 1. The molecule has 1 heterocycles. The van der Waals surface area contributed by atoms with Crippen LogP contribution in [-0.4, -0.2) is 27.2 Å². The second kappa shape index (κ2) is 4.53. The van der Waals surface area contributed by atoms with Gasteiger partial charge < -0.3 is 10.5 Å². The molecule has 1 aliphatic rings. The van der Waals surface area contributed by atoms with E-state index in [1.54, 1.807) is 12.1 Å². The predicted octanol–water partition coefficient (Wildman–Crippen LogP) is 1.03. The van der Waals surface area contributed by atoms with E-state index < -0.39 is 15.6 Å². The Bertz CT molecular complexity index is 548. The summed E-state index contributed by atoms with van der Waals surface area (Å²) in [6, 6.07) is 4.92. The second-order valence-electron chi connectivity index (χ2n) is 5.01. The van der Waals surface area contributed by atoms with Gasteiger partial charge in [0.05, 0.1) is 17.8 Å². The van der Waals surface area contributed by atoms with E-state index in [1.807, 2.05) is 13.8 Å². The molecule has 1 fully saturated rings. The maximum Gasteiger partial charge on any atom is 0.243 e. The molecule has 1 unspecified atom stereocenters. The van der Waals surface area contributed by atoms with Gasteiger partial charge in [-0.05, 0) is 38.0 Å². The first-order valence-corrected chi connectivity index (χ1v) is 7.29. The highest BCUT2D eigenvalue weighted by molar-refractivity contribution is 7.89. The highest BCUT2D eigenvalue weighted by atomic mass is 32.2. The second-order valence-corrected chi connectivity index (χ2v) is 6.66. The molecule has 100 valence electrons. The van der Waals surface area contributed by atoms with Crippen molar-refractivity contribution in [3.05, 3.63) is 23.8 Å². The largest absolute Gasteiger partial charge is 0.398 e. The monoisotopic (exact) mass is 270 g/mol. The Morgan fingerprint density at radius 1 is 1.44 bits per heavy atom. The van der Waals surface area contributed by atoms with Crippen LogP contribution in [0.15, 0.2) is 23.1 Å². The Labute approximate surface area is 107 Å². The summed E-state index contributed by atoms with van der Waals surface area (Å²) in [5, 5.41) is 0.